The molecule has 0 saturated carbocycles. The van der Waals surface area contributed by atoms with E-state index in [1.54, 1.807) is 30.1 Å². The molecule has 0 saturated heterocycles. The van der Waals surface area contributed by atoms with Crippen molar-refractivity contribution in [3.63, 3.8) is 0 Å². The van der Waals surface area contributed by atoms with Crippen molar-refractivity contribution in [2.75, 3.05) is 4.90 Å². The zero-order valence-corrected chi connectivity index (χ0v) is 30.6. The van der Waals surface area contributed by atoms with Crippen LogP contribution in [-0.4, -0.2) is 29.9 Å². The summed E-state index contributed by atoms with van der Waals surface area (Å²) in [4.78, 5) is 30.0. The molecular formula is C48H29N7S. The van der Waals surface area contributed by atoms with Gasteiger partial charge in [-0.3, -0.25) is 9.97 Å². The van der Waals surface area contributed by atoms with Crippen LogP contribution in [0.4, 0.5) is 17.1 Å². The maximum Gasteiger partial charge on any atom is 0.116 e. The number of fused-ring (bicyclic) bond motifs is 6. The fourth-order valence-corrected chi connectivity index (χ4v) is 8.68. The molecule has 8 heteroatoms. The lowest BCUT2D eigenvalue weighted by molar-refractivity contribution is 1.24. The second-order valence-corrected chi connectivity index (χ2v) is 14.8. The second-order valence-electron chi connectivity index (χ2n) is 13.7. The highest BCUT2D eigenvalue weighted by atomic mass is 32.1. The number of hydrogen-bond donors (Lipinski definition) is 0. The number of rotatable bonds is 6. The van der Waals surface area contributed by atoms with Gasteiger partial charge >= 0.3 is 0 Å². The highest BCUT2D eigenvalue weighted by Gasteiger charge is 2.17. The van der Waals surface area contributed by atoms with Crippen LogP contribution in [0.3, 0.4) is 0 Å². The second kappa shape index (κ2) is 13.2. The summed E-state index contributed by atoms with van der Waals surface area (Å²) < 4.78 is 2.32. The first kappa shape index (κ1) is 32.0. The van der Waals surface area contributed by atoms with Gasteiger partial charge in [0.05, 0.1) is 50.7 Å². The molecule has 6 aromatic heterocycles. The van der Waals surface area contributed by atoms with E-state index in [1.165, 1.54) is 10.1 Å². The molecule has 0 fully saturated rings. The van der Waals surface area contributed by atoms with Gasteiger partial charge < -0.3 is 4.90 Å². The number of hydrogen-bond acceptors (Lipinski definition) is 8. The average molecular weight is 736 g/mol. The lowest BCUT2D eigenvalue weighted by Crippen LogP contribution is -2.10. The van der Waals surface area contributed by atoms with Gasteiger partial charge in [0.2, 0.25) is 0 Å². The van der Waals surface area contributed by atoms with Gasteiger partial charge in [-0.05, 0) is 83.6 Å². The van der Waals surface area contributed by atoms with E-state index >= 15 is 0 Å². The van der Waals surface area contributed by atoms with Crippen molar-refractivity contribution in [1.82, 2.24) is 29.9 Å². The van der Waals surface area contributed by atoms with Gasteiger partial charge in [0.1, 0.15) is 6.33 Å². The molecule has 0 spiro atoms. The van der Waals surface area contributed by atoms with E-state index in [1.807, 2.05) is 24.5 Å². The maximum absolute atomic E-state index is 4.89. The molecule has 11 aromatic rings. The van der Waals surface area contributed by atoms with Crippen LogP contribution < -0.4 is 4.90 Å². The van der Waals surface area contributed by atoms with Crippen LogP contribution >= 0.6 is 11.3 Å². The standard InChI is InChI=1S/C48H29N7S/c1-2-4-45-40(3-1)47-48(56-45)46(51-29-52-47)36-6-5-35-26-39(18-11-34(35)25-36)55(37-14-7-30(8-15-37)41-19-12-32-21-23-49-27-43(32)53-41)38-16-9-31(10-17-38)42-20-13-33-22-24-50-28-44(33)54-42/h1-29H. The third kappa shape index (κ3) is 5.59. The Morgan fingerprint density at radius 2 is 1.04 bits per heavy atom. The first-order chi connectivity index (χ1) is 27.7. The van der Waals surface area contributed by atoms with Crippen molar-refractivity contribution in [2.24, 2.45) is 0 Å². The van der Waals surface area contributed by atoms with Crippen LogP contribution in [0.1, 0.15) is 0 Å². The number of anilines is 3. The first-order valence-electron chi connectivity index (χ1n) is 18.3. The summed E-state index contributed by atoms with van der Waals surface area (Å²) in [6.45, 7) is 0. The van der Waals surface area contributed by atoms with Crippen LogP contribution in [0.25, 0.3) is 86.7 Å². The van der Waals surface area contributed by atoms with Crippen LogP contribution in [0.2, 0.25) is 0 Å². The number of benzene rings is 5. The molecule has 6 heterocycles. The van der Waals surface area contributed by atoms with Crippen LogP contribution in [0.5, 0.6) is 0 Å². The predicted octanol–water partition coefficient (Wildman–Crippen LogP) is 12.4. The van der Waals surface area contributed by atoms with E-state index in [4.69, 9.17) is 15.0 Å². The fourth-order valence-electron chi connectivity index (χ4n) is 7.51. The molecule has 0 aliphatic carbocycles. The van der Waals surface area contributed by atoms with Gasteiger partial charge in [0.25, 0.3) is 0 Å². The van der Waals surface area contributed by atoms with Gasteiger partial charge in [0.15, 0.2) is 0 Å². The van der Waals surface area contributed by atoms with Gasteiger partial charge in [-0.25, -0.2) is 19.9 Å². The summed E-state index contributed by atoms with van der Waals surface area (Å²) in [5.74, 6) is 0. The van der Waals surface area contributed by atoms with E-state index in [2.05, 4.69) is 153 Å². The quantitative estimate of drug-likeness (QED) is 0.168. The lowest BCUT2D eigenvalue weighted by atomic mass is 10.0. The van der Waals surface area contributed by atoms with Crippen molar-refractivity contribution < 1.29 is 0 Å². The molecular weight excluding hydrogens is 707 g/mol. The molecule has 11 rings (SSSR count). The summed E-state index contributed by atoms with van der Waals surface area (Å²) >= 11 is 1.74. The summed E-state index contributed by atoms with van der Waals surface area (Å²) in [6.07, 6.45) is 8.89. The number of pyridine rings is 4. The minimum Gasteiger partial charge on any atom is -0.310 e. The molecule has 0 N–H and O–H groups in total. The van der Waals surface area contributed by atoms with Gasteiger partial charge in [0, 0.05) is 67.0 Å². The molecule has 0 radical (unpaired) electrons. The van der Waals surface area contributed by atoms with Crippen molar-refractivity contribution in [3.05, 3.63) is 177 Å². The van der Waals surface area contributed by atoms with E-state index in [0.29, 0.717) is 0 Å². The van der Waals surface area contributed by atoms with Crippen molar-refractivity contribution in [1.29, 1.82) is 0 Å². The molecule has 0 unspecified atom stereocenters. The summed E-state index contributed by atoms with van der Waals surface area (Å²) in [7, 11) is 0. The molecule has 0 aliphatic heterocycles. The number of aromatic nitrogens is 6. The third-order valence-corrected chi connectivity index (χ3v) is 11.5. The minimum absolute atomic E-state index is 0.875. The molecule has 0 amide bonds. The normalized spacial score (nSPS) is 11.6. The van der Waals surface area contributed by atoms with Crippen molar-refractivity contribution in [3.8, 4) is 33.8 Å². The van der Waals surface area contributed by atoms with E-state index in [9.17, 15) is 0 Å². The maximum atomic E-state index is 4.89. The summed E-state index contributed by atoms with van der Waals surface area (Å²) in [6, 6.07) is 51.2. The molecule has 0 atom stereocenters. The Balaban J connectivity index is 0.987. The SMILES string of the molecule is c1ccc2c(c1)sc1c(-c3ccc4cc(N(c5ccc(-c6ccc7ccncc7n6)cc5)c5ccc(-c6ccc7ccncc7n6)cc5)ccc4c3)ncnc12. The number of thiophene rings is 1. The molecule has 0 bridgehead atoms. The molecule has 7 nitrogen and oxygen atoms in total. The van der Waals surface area contributed by atoms with Gasteiger partial charge in [-0.1, -0.05) is 72.8 Å². The number of nitrogens with zero attached hydrogens (tertiary/aromatic N) is 7. The van der Waals surface area contributed by atoms with Crippen molar-refractivity contribution in [2.45, 2.75) is 0 Å². The lowest BCUT2D eigenvalue weighted by Gasteiger charge is -2.26. The summed E-state index contributed by atoms with van der Waals surface area (Å²) in [5.41, 5.74) is 11.8. The van der Waals surface area contributed by atoms with Crippen LogP contribution in [0, 0.1) is 0 Å². The van der Waals surface area contributed by atoms with E-state index in [-0.39, 0.29) is 0 Å². The molecule has 0 aliphatic rings. The van der Waals surface area contributed by atoms with Crippen molar-refractivity contribution >= 4 is 81.3 Å². The Bertz CT molecular complexity index is 3150. The minimum atomic E-state index is 0.875. The van der Waals surface area contributed by atoms with Crippen LogP contribution in [0.15, 0.2) is 177 Å². The Labute approximate surface area is 325 Å². The predicted molar refractivity (Wildman–Crippen MR) is 230 cm³/mol. The third-order valence-electron chi connectivity index (χ3n) is 10.3. The molecule has 56 heavy (non-hydrogen) atoms. The topological polar surface area (TPSA) is 80.6 Å². The van der Waals surface area contributed by atoms with Gasteiger partial charge in [-0.2, -0.15) is 0 Å². The Kier molecular flexibility index (Phi) is 7.53. The highest BCUT2D eigenvalue weighted by Crippen LogP contribution is 2.41. The monoisotopic (exact) mass is 735 g/mol. The smallest absolute Gasteiger partial charge is 0.116 e. The Morgan fingerprint density at radius 1 is 0.464 bits per heavy atom. The fraction of sp³-hybridized carbons (Fsp3) is 0. The van der Waals surface area contributed by atoms with E-state index < -0.39 is 0 Å². The largest absolute Gasteiger partial charge is 0.310 e. The first-order valence-corrected chi connectivity index (χ1v) is 19.1. The molecule has 5 aromatic carbocycles. The average Bonchev–Trinajstić information content (AvgIpc) is 3.66. The Morgan fingerprint density at radius 3 is 1.71 bits per heavy atom. The highest BCUT2D eigenvalue weighted by molar-refractivity contribution is 7.26. The van der Waals surface area contributed by atoms with Crippen LogP contribution in [-0.2, 0) is 0 Å². The van der Waals surface area contributed by atoms with E-state index in [0.717, 1.165) is 93.6 Å². The zero-order valence-electron chi connectivity index (χ0n) is 29.8. The molecule has 262 valence electrons. The Hall–Kier alpha value is -7.42. The van der Waals surface area contributed by atoms with Gasteiger partial charge in [-0.15, -0.1) is 11.3 Å². The summed E-state index contributed by atoms with van der Waals surface area (Å²) in [5, 5.41) is 5.57. The zero-order chi connectivity index (χ0) is 37.0.